The number of nitrogens with zero attached hydrogens (tertiary/aromatic N) is 2. The zero-order chi connectivity index (χ0) is 28.3. The zero-order valence-electron chi connectivity index (χ0n) is 25.4. The van der Waals surface area contributed by atoms with E-state index in [0.717, 1.165) is 37.9 Å². The van der Waals surface area contributed by atoms with Gasteiger partial charge in [0.15, 0.2) is 5.78 Å². The van der Waals surface area contributed by atoms with E-state index in [2.05, 4.69) is 31.2 Å². The van der Waals surface area contributed by atoms with E-state index in [1.165, 1.54) is 63.4 Å². The Morgan fingerprint density at radius 2 is 1.90 bits per heavy atom. The van der Waals surface area contributed by atoms with Crippen LogP contribution < -0.4 is 11.1 Å². The summed E-state index contributed by atoms with van der Waals surface area (Å²) in [4.78, 5) is 32.7. The number of oxime groups is 1. The molecule has 3 N–H and O–H groups in total. The van der Waals surface area contributed by atoms with Crippen molar-refractivity contribution in [2.45, 2.75) is 117 Å². The molecular weight excluding hydrogens is 500 g/mol. The van der Waals surface area contributed by atoms with Gasteiger partial charge in [-0.3, -0.25) is 9.63 Å². The van der Waals surface area contributed by atoms with Crippen molar-refractivity contribution in [1.82, 2.24) is 10.2 Å². The highest BCUT2D eigenvalue weighted by Crippen LogP contribution is 2.64. The van der Waals surface area contributed by atoms with Gasteiger partial charge in [0.25, 0.3) is 0 Å². The predicted octanol–water partition coefficient (Wildman–Crippen LogP) is 6.22. The first-order valence-electron chi connectivity index (χ1n) is 16.4. The van der Waals surface area contributed by atoms with Crippen LogP contribution in [0, 0.1) is 34.5 Å². The Hall–Kier alpha value is -1.73. The van der Waals surface area contributed by atoms with Gasteiger partial charge in [-0.05, 0) is 119 Å². The van der Waals surface area contributed by atoms with Crippen molar-refractivity contribution in [1.29, 1.82) is 0 Å². The number of hydrogen-bond donors (Lipinski definition) is 2. The molecule has 0 radical (unpaired) electrons. The number of fused-ring (bicyclic) bond motifs is 5. The average molecular weight is 555 g/mol. The summed E-state index contributed by atoms with van der Waals surface area (Å²) in [5, 5.41) is 8.07. The number of rotatable bonds is 7. The Labute approximate surface area is 242 Å². The van der Waals surface area contributed by atoms with Crippen LogP contribution in [-0.2, 0) is 9.63 Å². The van der Waals surface area contributed by atoms with Gasteiger partial charge in [0.2, 0.25) is 0 Å². The fraction of sp³-hybridized carbons (Fsp3) is 0.848. The first-order valence-corrected chi connectivity index (χ1v) is 16.4. The molecule has 4 fully saturated rings. The van der Waals surface area contributed by atoms with Gasteiger partial charge in [0.05, 0.1) is 5.71 Å². The third kappa shape index (κ3) is 5.92. The smallest absolute Gasteiger partial charge is 0.329 e. The molecule has 0 spiro atoms. The van der Waals surface area contributed by atoms with Crippen LogP contribution >= 0.6 is 0 Å². The van der Waals surface area contributed by atoms with Crippen molar-refractivity contribution in [3.63, 3.8) is 0 Å². The first kappa shape index (κ1) is 29.8. The summed E-state index contributed by atoms with van der Waals surface area (Å²) in [6.07, 6.45) is 17.6. The van der Waals surface area contributed by atoms with Gasteiger partial charge in [0, 0.05) is 38.0 Å². The highest BCUT2D eigenvalue weighted by molar-refractivity contribution is 5.91. The number of amides is 1. The van der Waals surface area contributed by atoms with E-state index in [-0.39, 0.29) is 16.9 Å². The van der Waals surface area contributed by atoms with E-state index >= 15 is 0 Å². The maximum atomic E-state index is 13.1. The molecule has 40 heavy (non-hydrogen) atoms. The largest absolute Gasteiger partial charge is 0.436 e. The molecule has 1 aliphatic heterocycles. The number of piperidine rings is 1. The van der Waals surface area contributed by atoms with Gasteiger partial charge in [-0.15, -0.1) is 0 Å². The fourth-order valence-corrected chi connectivity index (χ4v) is 9.85. The number of allylic oxidation sites excluding steroid dienone is 2. The van der Waals surface area contributed by atoms with Crippen molar-refractivity contribution in [2.24, 2.45) is 45.4 Å². The summed E-state index contributed by atoms with van der Waals surface area (Å²) < 4.78 is 0. The molecule has 1 unspecified atom stereocenters. The molecular formula is C33H54N4O3. The average Bonchev–Trinajstić information content (AvgIpc) is 3.12. The molecule has 5 aliphatic rings. The number of carbonyl (C=O) groups excluding carboxylic acids is 2. The maximum absolute atomic E-state index is 13.1. The van der Waals surface area contributed by atoms with E-state index in [4.69, 9.17) is 10.6 Å². The number of hydrogen-bond acceptors (Lipinski definition) is 6. The summed E-state index contributed by atoms with van der Waals surface area (Å²) in [5.41, 5.74) is 8.61. The third-order valence-corrected chi connectivity index (χ3v) is 12.0. The summed E-state index contributed by atoms with van der Waals surface area (Å²) in [5.74, 6) is 2.71. The van der Waals surface area contributed by atoms with Crippen molar-refractivity contribution >= 4 is 17.6 Å². The molecule has 224 valence electrons. The topological polar surface area (TPSA) is 97.0 Å². The Bertz CT molecular complexity index is 988. The van der Waals surface area contributed by atoms with E-state index in [9.17, 15) is 9.59 Å². The molecule has 7 nitrogen and oxygen atoms in total. The van der Waals surface area contributed by atoms with Gasteiger partial charge in [-0.2, -0.15) is 0 Å². The Kier molecular flexibility index (Phi) is 9.40. The summed E-state index contributed by atoms with van der Waals surface area (Å²) in [7, 11) is 0. The van der Waals surface area contributed by atoms with Crippen LogP contribution in [0.1, 0.15) is 111 Å². The van der Waals surface area contributed by atoms with Gasteiger partial charge in [-0.1, -0.05) is 37.4 Å². The highest BCUT2D eigenvalue weighted by Gasteiger charge is 2.56. The second-order valence-corrected chi connectivity index (χ2v) is 14.2. The van der Waals surface area contributed by atoms with Gasteiger partial charge in [0.1, 0.15) is 0 Å². The van der Waals surface area contributed by atoms with Crippen molar-refractivity contribution in [2.75, 3.05) is 26.2 Å². The van der Waals surface area contributed by atoms with Crippen LogP contribution in [0.15, 0.2) is 16.8 Å². The van der Waals surface area contributed by atoms with E-state index in [1.807, 2.05) is 6.08 Å². The van der Waals surface area contributed by atoms with Crippen LogP contribution in [0.2, 0.25) is 0 Å². The second kappa shape index (κ2) is 12.6. The van der Waals surface area contributed by atoms with Crippen LogP contribution in [0.25, 0.3) is 0 Å². The highest BCUT2D eigenvalue weighted by atomic mass is 16.7. The normalized spacial score (nSPS) is 38.3. The first-order chi connectivity index (χ1) is 19.3. The molecule has 0 bridgehead atoms. The lowest BCUT2D eigenvalue weighted by molar-refractivity contribution is -0.116. The molecule has 5 rings (SSSR count). The molecule has 0 aromatic carbocycles. The lowest BCUT2D eigenvalue weighted by Gasteiger charge is -2.46. The minimum absolute atomic E-state index is 0.177. The van der Waals surface area contributed by atoms with Crippen molar-refractivity contribution in [3.05, 3.63) is 11.6 Å². The molecule has 3 saturated carbocycles. The van der Waals surface area contributed by atoms with Crippen LogP contribution in [0.5, 0.6) is 0 Å². The number of carbonyl (C=O) groups is 2. The molecule has 7 heteroatoms. The number of ketones is 1. The molecule has 0 aromatic heterocycles. The Morgan fingerprint density at radius 3 is 2.67 bits per heavy atom. The molecule has 1 amide bonds. The van der Waals surface area contributed by atoms with Crippen molar-refractivity contribution in [3.8, 4) is 0 Å². The minimum Gasteiger partial charge on any atom is -0.329 e. The van der Waals surface area contributed by atoms with Gasteiger partial charge in [-0.25, -0.2) is 4.79 Å². The summed E-state index contributed by atoms with van der Waals surface area (Å²) in [6.45, 7) is 9.69. The third-order valence-electron chi connectivity index (χ3n) is 12.0. The predicted molar refractivity (Wildman–Crippen MR) is 160 cm³/mol. The van der Waals surface area contributed by atoms with E-state index in [1.54, 1.807) is 4.90 Å². The lowest BCUT2D eigenvalue weighted by atomic mass is 9.58. The zero-order valence-corrected chi connectivity index (χ0v) is 25.4. The second-order valence-electron chi connectivity index (χ2n) is 14.2. The van der Waals surface area contributed by atoms with Gasteiger partial charge < -0.3 is 16.0 Å². The number of nitrogens with two attached hydrogens (primary N) is 1. The van der Waals surface area contributed by atoms with Crippen molar-refractivity contribution < 1.29 is 14.4 Å². The van der Waals surface area contributed by atoms with Crippen LogP contribution in [0.3, 0.4) is 0 Å². The van der Waals surface area contributed by atoms with Gasteiger partial charge >= 0.3 is 6.09 Å². The quantitative estimate of drug-likeness (QED) is 0.221. The minimum atomic E-state index is -0.371. The molecule has 1 saturated heterocycles. The SMILES string of the molecule is C/C(=N\OC(=O)N(CCN)CCC1CCCCN1)[C@H]1CC[C@H]2[C@@H]3CCCC4=CC(=O)CC[C@]4(C)[C@H]3CCC[C@]12C. The molecule has 7 atom stereocenters. The summed E-state index contributed by atoms with van der Waals surface area (Å²) in [6, 6.07) is 0.466. The Balaban J connectivity index is 1.26. The van der Waals surface area contributed by atoms with E-state index < -0.39 is 0 Å². The standard InChI is InChI=1S/C33H54N4O3/c1-23(36-40-31(39)37(21-18-34)20-15-25-9-4-5-19-35-25)28-12-13-30-27-10-6-8-24-22-26(38)14-17-32(24,2)29(27)11-7-16-33(28,30)3/h22,25,27-30,35H,4-21,34H2,1-3H3/b36-23+/t25?,27-,28-,29+,30+,32+,33-/m1/s1. The lowest BCUT2D eigenvalue weighted by Crippen LogP contribution is -2.41. The Morgan fingerprint density at radius 1 is 1.05 bits per heavy atom. The monoisotopic (exact) mass is 554 g/mol. The molecule has 1 heterocycles. The molecule has 0 aromatic rings. The van der Waals surface area contributed by atoms with E-state index in [0.29, 0.717) is 61.6 Å². The maximum Gasteiger partial charge on any atom is 0.436 e. The fourth-order valence-electron chi connectivity index (χ4n) is 9.85. The van der Waals surface area contributed by atoms with Crippen LogP contribution in [-0.4, -0.2) is 54.7 Å². The number of nitrogens with one attached hydrogen (secondary N) is 1. The van der Waals surface area contributed by atoms with Crippen LogP contribution in [0.4, 0.5) is 4.79 Å². The molecule has 4 aliphatic carbocycles. The summed E-state index contributed by atoms with van der Waals surface area (Å²) >= 11 is 0.